The second kappa shape index (κ2) is 9.21. The topological polar surface area (TPSA) is 79.5 Å². The molecule has 1 fully saturated rings. The Morgan fingerprint density at radius 2 is 1.80 bits per heavy atom. The van der Waals surface area contributed by atoms with Gasteiger partial charge in [0.1, 0.15) is 0 Å². The summed E-state index contributed by atoms with van der Waals surface area (Å²) in [5.41, 5.74) is 2.84. The van der Waals surface area contributed by atoms with E-state index in [2.05, 4.69) is 17.1 Å². The van der Waals surface area contributed by atoms with Crippen molar-refractivity contribution < 1.29 is 14.1 Å². The number of carbonyl (C=O) groups excluding carboxylic acids is 2. The molecule has 0 bridgehead atoms. The minimum Gasteiger partial charge on any atom is -0.339 e. The maximum atomic E-state index is 12.7. The standard InChI is InChI=1S/C22H24N4O3S/c1-2-16-3-5-17(6-4-16)22(28)26-12-10-25(11-13-26)20(27)8-7-19-23-21(24-29-19)18-9-14-30-15-18/h3-6,9,14-15H,2,7-8,10-13H2,1H3. The number of aryl methyl sites for hydroxylation is 2. The third-order valence-electron chi connectivity index (χ3n) is 5.33. The van der Waals surface area contributed by atoms with E-state index in [0.29, 0.717) is 56.3 Å². The van der Waals surface area contributed by atoms with Crippen LogP contribution in [0, 0.1) is 0 Å². The van der Waals surface area contributed by atoms with Crippen LogP contribution in [-0.4, -0.2) is 57.9 Å². The zero-order valence-electron chi connectivity index (χ0n) is 16.9. The first-order valence-electron chi connectivity index (χ1n) is 10.1. The molecule has 1 aromatic carbocycles. The van der Waals surface area contributed by atoms with Crippen molar-refractivity contribution in [1.29, 1.82) is 0 Å². The zero-order valence-corrected chi connectivity index (χ0v) is 17.7. The number of thiophene rings is 1. The lowest BCUT2D eigenvalue weighted by Gasteiger charge is -2.34. The molecule has 0 atom stereocenters. The normalized spacial score (nSPS) is 14.2. The van der Waals surface area contributed by atoms with E-state index in [-0.39, 0.29) is 11.8 Å². The van der Waals surface area contributed by atoms with Gasteiger partial charge in [-0.25, -0.2) is 0 Å². The Morgan fingerprint density at radius 1 is 1.07 bits per heavy atom. The highest BCUT2D eigenvalue weighted by atomic mass is 32.1. The van der Waals surface area contributed by atoms with Gasteiger partial charge < -0.3 is 14.3 Å². The van der Waals surface area contributed by atoms with Gasteiger partial charge in [-0.1, -0.05) is 24.2 Å². The maximum Gasteiger partial charge on any atom is 0.253 e. The van der Waals surface area contributed by atoms with Gasteiger partial charge in [-0.2, -0.15) is 16.3 Å². The van der Waals surface area contributed by atoms with Crippen molar-refractivity contribution >= 4 is 23.2 Å². The summed E-state index contributed by atoms with van der Waals surface area (Å²) >= 11 is 1.57. The number of nitrogens with zero attached hydrogens (tertiary/aromatic N) is 4. The molecule has 3 aromatic rings. The fraction of sp³-hybridized carbons (Fsp3) is 0.364. The highest BCUT2D eigenvalue weighted by Crippen LogP contribution is 2.19. The molecule has 2 aromatic heterocycles. The molecule has 156 valence electrons. The van der Waals surface area contributed by atoms with Gasteiger partial charge in [-0.15, -0.1) is 0 Å². The predicted octanol–water partition coefficient (Wildman–Crippen LogP) is 3.28. The summed E-state index contributed by atoms with van der Waals surface area (Å²) in [4.78, 5) is 33.2. The summed E-state index contributed by atoms with van der Waals surface area (Å²) < 4.78 is 5.26. The molecule has 30 heavy (non-hydrogen) atoms. The lowest BCUT2D eigenvalue weighted by atomic mass is 10.1. The Bertz CT molecular complexity index is 990. The SMILES string of the molecule is CCc1ccc(C(=O)N2CCN(C(=O)CCc3nc(-c4ccsc4)no3)CC2)cc1. The minimum absolute atomic E-state index is 0.0246. The first-order chi connectivity index (χ1) is 14.6. The quantitative estimate of drug-likeness (QED) is 0.607. The Morgan fingerprint density at radius 3 is 2.47 bits per heavy atom. The van der Waals surface area contributed by atoms with Crippen molar-refractivity contribution in [1.82, 2.24) is 19.9 Å². The van der Waals surface area contributed by atoms with E-state index in [1.165, 1.54) is 5.56 Å². The number of carbonyl (C=O) groups is 2. The van der Waals surface area contributed by atoms with Crippen molar-refractivity contribution in [2.45, 2.75) is 26.2 Å². The molecule has 1 saturated heterocycles. The van der Waals surface area contributed by atoms with Crippen LogP contribution in [0.15, 0.2) is 45.6 Å². The lowest BCUT2D eigenvalue weighted by Crippen LogP contribution is -2.50. The fourth-order valence-electron chi connectivity index (χ4n) is 3.46. The summed E-state index contributed by atoms with van der Waals surface area (Å²) in [7, 11) is 0. The average molecular weight is 425 g/mol. The average Bonchev–Trinajstić information content (AvgIpc) is 3.49. The Kier molecular flexibility index (Phi) is 6.23. The van der Waals surface area contributed by atoms with Crippen LogP contribution < -0.4 is 0 Å². The molecule has 4 rings (SSSR count). The number of aromatic nitrogens is 2. The molecule has 3 heterocycles. The third-order valence-corrected chi connectivity index (χ3v) is 6.01. The molecular weight excluding hydrogens is 400 g/mol. The summed E-state index contributed by atoms with van der Waals surface area (Å²) in [5, 5.41) is 7.88. The minimum atomic E-state index is 0.0246. The predicted molar refractivity (Wildman–Crippen MR) is 114 cm³/mol. The maximum absolute atomic E-state index is 12.7. The van der Waals surface area contributed by atoms with E-state index in [9.17, 15) is 9.59 Å². The van der Waals surface area contributed by atoms with Crippen molar-refractivity contribution in [3.8, 4) is 11.4 Å². The van der Waals surface area contributed by atoms with Gasteiger partial charge in [0.15, 0.2) is 0 Å². The molecule has 0 N–H and O–H groups in total. The first kappa shape index (κ1) is 20.3. The molecule has 1 aliphatic rings. The Hall–Kier alpha value is -3.00. The Balaban J connectivity index is 1.25. The number of benzene rings is 1. The molecule has 7 nitrogen and oxygen atoms in total. The summed E-state index contributed by atoms with van der Waals surface area (Å²) in [5.74, 6) is 1.09. The number of amides is 2. The summed E-state index contributed by atoms with van der Waals surface area (Å²) in [6.45, 7) is 4.27. The summed E-state index contributed by atoms with van der Waals surface area (Å²) in [6.07, 6.45) is 1.69. The molecule has 0 radical (unpaired) electrons. The van der Waals surface area contributed by atoms with Crippen LogP contribution in [0.4, 0.5) is 0 Å². The first-order valence-corrected chi connectivity index (χ1v) is 11.1. The second-order valence-electron chi connectivity index (χ2n) is 7.25. The third kappa shape index (κ3) is 4.59. The highest BCUT2D eigenvalue weighted by molar-refractivity contribution is 7.08. The number of hydrogen-bond donors (Lipinski definition) is 0. The van der Waals surface area contributed by atoms with E-state index in [0.717, 1.165) is 12.0 Å². The van der Waals surface area contributed by atoms with Crippen molar-refractivity contribution in [3.63, 3.8) is 0 Å². The highest BCUT2D eigenvalue weighted by Gasteiger charge is 2.25. The summed E-state index contributed by atoms with van der Waals surface area (Å²) in [6, 6.07) is 9.69. The molecule has 1 aliphatic heterocycles. The van der Waals surface area contributed by atoms with E-state index in [4.69, 9.17) is 4.52 Å². The van der Waals surface area contributed by atoms with Crippen molar-refractivity contribution in [3.05, 3.63) is 58.1 Å². The van der Waals surface area contributed by atoms with Crippen LogP contribution in [0.3, 0.4) is 0 Å². The van der Waals surface area contributed by atoms with Crippen LogP contribution in [0.5, 0.6) is 0 Å². The fourth-order valence-corrected chi connectivity index (χ4v) is 4.10. The molecule has 0 unspecified atom stereocenters. The number of piperazine rings is 1. The van der Waals surface area contributed by atoms with Crippen LogP contribution >= 0.6 is 11.3 Å². The number of rotatable bonds is 6. The van der Waals surface area contributed by atoms with Gasteiger partial charge in [0, 0.05) is 55.5 Å². The van der Waals surface area contributed by atoms with Gasteiger partial charge in [0.2, 0.25) is 17.6 Å². The van der Waals surface area contributed by atoms with E-state index < -0.39 is 0 Å². The van der Waals surface area contributed by atoms with Gasteiger partial charge >= 0.3 is 0 Å². The van der Waals surface area contributed by atoms with E-state index in [1.54, 1.807) is 16.2 Å². The van der Waals surface area contributed by atoms with Crippen molar-refractivity contribution in [2.75, 3.05) is 26.2 Å². The number of hydrogen-bond acceptors (Lipinski definition) is 6. The lowest BCUT2D eigenvalue weighted by molar-refractivity contribution is -0.132. The van der Waals surface area contributed by atoms with Gasteiger partial charge in [-0.3, -0.25) is 9.59 Å². The van der Waals surface area contributed by atoms with E-state index >= 15 is 0 Å². The molecule has 8 heteroatoms. The molecular formula is C22H24N4O3S. The van der Waals surface area contributed by atoms with Crippen LogP contribution in [0.1, 0.15) is 35.2 Å². The second-order valence-corrected chi connectivity index (χ2v) is 8.03. The monoisotopic (exact) mass is 424 g/mol. The molecule has 0 aliphatic carbocycles. The van der Waals surface area contributed by atoms with Gasteiger partial charge in [0.05, 0.1) is 0 Å². The van der Waals surface area contributed by atoms with Crippen molar-refractivity contribution in [2.24, 2.45) is 0 Å². The molecule has 0 spiro atoms. The van der Waals surface area contributed by atoms with Crippen LogP contribution in [0.2, 0.25) is 0 Å². The van der Waals surface area contributed by atoms with E-state index in [1.807, 2.05) is 46.0 Å². The van der Waals surface area contributed by atoms with Crippen LogP contribution in [-0.2, 0) is 17.6 Å². The largest absolute Gasteiger partial charge is 0.339 e. The van der Waals surface area contributed by atoms with Crippen LogP contribution in [0.25, 0.3) is 11.4 Å². The van der Waals surface area contributed by atoms with Gasteiger partial charge in [0.25, 0.3) is 5.91 Å². The zero-order chi connectivity index (χ0) is 20.9. The molecule has 0 saturated carbocycles. The smallest absolute Gasteiger partial charge is 0.253 e. The molecule has 2 amide bonds. The van der Waals surface area contributed by atoms with Gasteiger partial charge in [-0.05, 0) is 35.6 Å². The Labute approximate surface area is 179 Å².